The highest BCUT2D eigenvalue weighted by Crippen LogP contribution is 2.25. The Labute approximate surface area is 145 Å². The van der Waals surface area contributed by atoms with Gasteiger partial charge in [0.2, 0.25) is 0 Å². The molecule has 0 aromatic heterocycles. The van der Waals surface area contributed by atoms with Crippen molar-refractivity contribution in [3.05, 3.63) is 64.3 Å². The molecule has 0 aromatic rings. The van der Waals surface area contributed by atoms with Crippen molar-refractivity contribution in [2.24, 2.45) is 4.99 Å². The molecule has 0 radical (unpaired) electrons. The van der Waals surface area contributed by atoms with Gasteiger partial charge in [0.05, 0.1) is 6.04 Å². The van der Waals surface area contributed by atoms with Crippen LogP contribution in [0.5, 0.6) is 0 Å². The molecule has 0 saturated carbocycles. The third-order valence-electron chi connectivity index (χ3n) is 2.85. The average molecular weight is 424 g/mol. The summed E-state index contributed by atoms with van der Waals surface area (Å²) in [5.74, 6) is 0.706. The number of amides is 1. The minimum atomic E-state index is -0.155. The Hall–Kier alpha value is -1.43. The molecular weight excluding hydrogens is 407 g/mol. The van der Waals surface area contributed by atoms with Crippen LogP contribution in [0.25, 0.3) is 0 Å². The number of allylic oxidation sites excluding steroid dienone is 5. The lowest BCUT2D eigenvalue weighted by Gasteiger charge is -2.05. The van der Waals surface area contributed by atoms with Crippen molar-refractivity contribution in [3.8, 4) is 0 Å². The first-order valence-electron chi connectivity index (χ1n) is 6.80. The summed E-state index contributed by atoms with van der Waals surface area (Å²) in [6, 6.07) is 0.123. The molecule has 0 aromatic carbocycles. The topological polar surface area (TPSA) is 41.5 Å². The molecule has 5 heteroatoms. The van der Waals surface area contributed by atoms with E-state index in [0.717, 1.165) is 5.75 Å². The molecule has 0 spiro atoms. The predicted molar refractivity (Wildman–Crippen MR) is 106 cm³/mol. The normalized spacial score (nSPS) is 21.1. The van der Waals surface area contributed by atoms with E-state index in [-0.39, 0.29) is 32.7 Å². The van der Waals surface area contributed by atoms with E-state index in [1.54, 1.807) is 30.0 Å². The quantitative estimate of drug-likeness (QED) is 0.426. The summed E-state index contributed by atoms with van der Waals surface area (Å²) in [4.78, 5) is 16.8. The van der Waals surface area contributed by atoms with Gasteiger partial charge in [-0.3, -0.25) is 9.79 Å². The monoisotopic (exact) mass is 424 g/mol. The molecule has 0 bridgehead atoms. The Bertz CT molecular complexity index is 677. The number of hydrogen-bond acceptors (Lipinski definition) is 3. The summed E-state index contributed by atoms with van der Waals surface area (Å²) < 4.78 is 5.50. The third-order valence-corrected chi connectivity index (χ3v) is 5.57. The van der Waals surface area contributed by atoms with Crippen LogP contribution in [0.1, 0.15) is 6.92 Å². The van der Waals surface area contributed by atoms with E-state index in [1.807, 2.05) is 25.2 Å². The van der Waals surface area contributed by atoms with Gasteiger partial charge >= 0.3 is 0 Å². The van der Waals surface area contributed by atoms with Gasteiger partial charge in [-0.15, -0.1) is 0 Å². The molecular formula is C17H17IN2OS. The lowest BCUT2D eigenvalue weighted by atomic mass is 10.1. The molecule has 2 rings (SSSR count). The van der Waals surface area contributed by atoms with Gasteiger partial charge in [0, 0.05) is 11.3 Å². The zero-order valence-electron chi connectivity index (χ0n) is 12.3. The number of amidine groups is 1. The minimum absolute atomic E-state index is 0.123. The smallest absolute Gasteiger partial charge is 0.257 e. The fourth-order valence-electron chi connectivity index (χ4n) is 1.84. The molecule has 0 fully saturated rings. The molecule has 1 amide bonds. The molecule has 2 aliphatic heterocycles. The van der Waals surface area contributed by atoms with Crippen LogP contribution in [-0.2, 0) is 4.79 Å². The van der Waals surface area contributed by atoms with Gasteiger partial charge < -0.3 is 5.32 Å². The number of thioether (sulfide) groups is 1. The number of carbonyl (C=O) groups is 1. The molecule has 2 aliphatic rings. The van der Waals surface area contributed by atoms with E-state index >= 15 is 0 Å². The minimum Gasteiger partial charge on any atom is -0.301 e. The van der Waals surface area contributed by atoms with Crippen LogP contribution >= 0.6 is 32.5 Å². The van der Waals surface area contributed by atoms with Crippen LogP contribution in [0.3, 0.4) is 0 Å². The first-order chi connectivity index (χ1) is 10.7. The summed E-state index contributed by atoms with van der Waals surface area (Å²) in [5, 5.41) is 3.56. The predicted octanol–water partition coefficient (Wildman–Crippen LogP) is 3.64. The largest absolute Gasteiger partial charge is 0.301 e. The first kappa shape index (κ1) is 16.9. The van der Waals surface area contributed by atoms with Gasteiger partial charge in [0.25, 0.3) is 5.91 Å². The summed E-state index contributed by atoms with van der Waals surface area (Å²) in [5.41, 5.74) is 1.80. The molecule has 3 nitrogen and oxygen atoms in total. The van der Waals surface area contributed by atoms with E-state index in [4.69, 9.17) is 0 Å². The molecule has 2 heterocycles. The third kappa shape index (κ3) is 4.80. The number of carbonyl (C=O) groups excluding carboxylic acids is 1. The maximum atomic E-state index is 12.2. The molecule has 0 saturated heterocycles. The number of rotatable bonds is 4. The fraction of sp³-hybridized carbons (Fsp3) is 0.176. The van der Waals surface area contributed by atoms with Crippen molar-refractivity contribution >= 4 is 47.2 Å². The number of hydrogen-bond donors (Lipinski definition) is 1. The fourth-order valence-corrected chi connectivity index (χ4v) is 4.37. The van der Waals surface area contributed by atoms with Gasteiger partial charge in [0.15, 0.2) is 5.17 Å². The zero-order valence-corrected chi connectivity index (χ0v) is 15.2. The highest BCUT2D eigenvalue weighted by molar-refractivity contribution is 14.2. The van der Waals surface area contributed by atoms with Crippen LogP contribution in [0.15, 0.2) is 69.3 Å². The maximum Gasteiger partial charge on any atom is 0.257 e. The zero-order chi connectivity index (χ0) is 15.8. The average Bonchev–Trinajstić information content (AvgIpc) is 2.80. The first-order valence-corrected chi connectivity index (χ1v) is 10.1. The van der Waals surface area contributed by atoms with Crippen LogP contribution in [-0.4, -0.2) is 26.5 Å². The summed E-state index contributed by atoms with van der Waals surface area (Å²) in [6.45, 7) is 5.51. The van der Waals surface area contributed by atoms with E-state index in [0.29, 0.717) is 10.7 Å². The van der Waals surface area contributed by atoms with Crippen molar-refractivity contribution in [1.82, 2.24) is 5.32 Å². The van der Waals surface area contributed by atoms with E-state index in [1.165, 1.54) is 5.57 Å². The number of aliphatic imine (C=N–C) groups is 1. The Morgan fingerprint density at radius 2 is 2.50 bits per heavy atom. The van der Waals surface area contributed by atoms with Gasteiger partial charge in [-0.1, -0.05) is 58.5 Å². The second kappa shape index (κ2) is 8.88. The van der Waals surface area contributed by atoms with E-state index < -0.39 is 0 Å². The summed E-state index contributed by atoms with van der Waals surface area (Å²) in [7, 11) is 0. The van der Waals surface area contributed by atoms with Crippen LogP contribution < -0.4 is 5.32 Å². The van der Waals surface area contributed by atoms with Crippen molar-refractivity contribution in [3.63, 3.8) is 0 Å². The van der Waals surface area contributed by atoms with Crippen molar-refractivity contribution in [2.45, 2.75) is 13.0 Å². The van der Waals surface area contributed by atoms with Crippen LogP contribution in [0, 0.1) is 0 Å². The number of nitrogens with zero attached hydrogens (tertiary/aromatic N) is 1. The molecule has 0 aliphatic carbocycles. The molecule has 1 unspecified atom stereocenters. The Morgan fingerprint density at radius 1 is 1.64 bits per heavy atom. The van der Waals surface area contributed by atoms with Crippen molar-refractivity contribution in [1.29, 1.82) is 0 Å². The highest BCUT2D eigenvalue weighted by atomic mass is 127. The van der Waals surface area contributed by atoms with E-state index in [2.05, 4.69) is 30.7 Å². The Balaban J connectivity index is 2.05. The van der Waals surface area contributed by atoms with Crippen LogP contribution in [0.4, 0.5) is 0 Å². The summed E-state index contributed by atoms with van der Waals surface area (Å²) in [6.07, 6.45) is 12.9. The highest BCUT2D eigenvalue weighted by Gasteiger charge is 2.22. The molecule has 22 heavy (non-hydrogen) atoms. The standard InChI is InChI=1S/C17H17IN2OS/c1-3-7-13(8-4-2)16(21)20-17-19-15(12-22-17)14-9-5-6-10-18-11-14/h3-9,11,15H,1,12H2,2H3,(H,19,20,21)/b8-4-,13-7+. The van der Waals surface area contributed by atoms with Gasteiger partial charge in [0.1, 0.15) is 0 Å². The molecule has 114 valence electrons. The van der Waals surface area contributed by atoms with Gasteiger partial charge in [-0.05, 0) is 43.4 Å². The van der Waals surface area contributed by atoms with E-state index in [9.17, 15) is 4.79 Å². The lowest BCUT2D eigenvalue weighted by molar-refractivity contribution is -0.115. The second-order valence-electron chi connectivity index (χ2n) is 4.43. The van der Waals surface area contributed by atoms with Crippen LogP contribution in [0.2, 0.25) is 0 Å². The van der Waals surface area contributed by atoms with Crippen molar-refractivity contribution in [2.75, 3.05) is 5.75 Å². The number of nitrogens with one attached hydrogen (secondary N) is 1. The van der Waals surface area contributed by atoms with Gasteiger partial charge in [-0.25, -0.2) is 0 Å². The summed E-state index contributed by atoms with van der Waals surface area (Å²) >= 11 is 1.43. The SMILES string of the molecule is C=C/C=C(\C=C/C)C(=O)NC1=NC(C2=CI=C=CC=C2)CS1. The Kier molecular flexibility index (Phi) is 6.83. The van der Waals surface area contributed by atoms with Crippen molar-refractivity contribution < 1.29 is 4.79 Å². The Morgan fingerprint density at radius 3 is 3.27 bits per heavy atom. The van der Waals surface area contributed by atoms with Gasteiger partial charge in [-0.2, -0.15) is 0 Å². The molecule has 1 atom stereocenters. The molecule has 1 N–H and O–H groups in total. The number of halogens is 1. The lowest BCUT2D eigenvalue weighted by Crippen LogP contribution is -2.28. The second-order valence-corrected chi connectivity index (χ2v) is 7.30. The maximum absolute atomic E-state index is 12.2.